The van der Waals surface area contributed by atoms with E-state index < -0.39 is 258 Å². The van der Waals surface area contributed by atoms with Crippen LogP contribution in [0.4, 0.5) is 38.5 Å². The van der Waals surface area contributed by atoms with E-state index in [4.69, 9.17) is 28.0 Å². The van der Waals surface area contributed by atoms with Gasteiger partial charge in [0, 0.05) is 101 Å². The van der Waals surface area contributed by atoms with Crippen LogP contribution in [0.3, 0.4) is 0 Å². The summed E-state index contributed by atoms with van der Waals surface area (Å²) in [6, 6.07) is -3.04. The highest BCUT2D eigenvalue weighted by Crippen LogP contribution is 2.44. The second-order valence-corrected chi connectivity index (χ2v) is 36.2. The third-order valence-corrected chi connectivity index (χ3v) is 25.1. The molecule has 4 aromatic rings. The highest BCUT2D eigenvalue weighted by Gasteiger charge is 2.54. The monoisotopic (exact) mass is 1850 g/mol. The maximum absolute atomic E-state index is 15.0. The first-order valence-corrected chi connectivity index (χ1v) is 45.4. The molecule has 14 amide bonds. The first-order valence-electron chi connectivity index (χ1n) is 42.3. The molecular formula is C83H104F4N14O26P2. The minimum atomic E-state index is -5.21. The fourth-order valence-corrected chi connectivity index (χ4v) is 19.0. The van der Waals surface area contributed by atoms with Gasteiger partial charge >= 0.3 is 39.6 Å². The number of carbonyl (C=O) groups is 14. The van der Waals surface area contributed by atoms with Gasteiger partial charge < -0.3 is 110 Å². The number of cyclic esters (lactones) is 2. The number of carbonyl (C=O) groups excluding carboxylic acids is 14. The van der Waals surface area contributed by atoms with E-state index in [1.807, 2.05) is 0 Å². The Morgan fingerprint density at radius 1 is 0.481 bits per heavy atom. The number of urea groups is 2. The Morgan fingerprint density at radius 2 is 0.876 bits per heavy atom. The lowest BCUT2D eigenvalue weighted by Crippen LogP contribution is -2.63. The van der Waals surface area contributed by atoms with E-state index in [-0.39, 0.29) is 86.2 Å². The Bertz CT molecular complexity index is 5040. The molecule has 0 aliphatic carbocycles. The molecule has 13 rings (SSSR count). The van der Waals surface area contributed by atoms with Crippen LogP contribution in [0.5, 0.6) is 11.5 Å². The SMILES string of the molecule is COc1ccc(NC(=O)N[C@@H](Cc2cc(F)cc(F)c2)C(=O)N[C@@H]2C(=O)N3C[C@H](OP(=O)(O)O)C[C@H]3C(=O)N3CCCC[C@H]3C(=O)N[C@@H](C)C(=O)N3C[C@H](C)CC3C(=O)O[C@H]2C)cc1.C[C@@H]1C[C@H]2C(=O)O[C@@H](C)[C@H](NC(=O)[C@H](Cc3cc(F)cc(F)c3)NC(=O)Nc3ccc4c(c3)OCC4)C(=O)N3C[C@H](OP(=O)(O)O)C[C@H]3C(=O)N3CCCC[C@H]3C(=O)N[C@@H](C)C(=O)N2C1. The molecule has 8 fully saturated rings. The van der Waals surface area contributed by atoms with Gasteiger partial charge in [-0.05, 0) is 162 Å². The lowest BCUT2D eigenvalue weighted by Gasteiger charge is -2.39. The lowest BCUT2D eigenvalue weighted by atomic mass is 9.98. The van der Waals surface area contributed by atoms with Crippen LogP contribution in [0.15, 0.2) is 78.9 Å². The Labute approximate surface area is 737 Å². The van der Waals surface area contributed by atoms with Crippen molar-refractivity contribution in [1.29, 1.82) is 0 Å². The minimum Gasteiger partial charge on any atom is -0.497 e. The summed E-state index contributed by atoms with van der Waals surface area (Å²) in [5.74, 6) is -13.8. The predicted octanol–water partition coefficient (Wildman–Crippen LogP) is 2.60. The van der Waals surface area contributed by atoms with E-state index in [9.17, 15) is 113 Å². The van der Waals surface area contributed by atoms with Crippen LogP contribution in [0.25, 0.3) is 0 Å². The third kappa shape index (κ3) is 24.2. The number of phosphoric ester groups is 2. The fraction of sp³-hybridized carbons (Fsp3) is 0.542. The Hall–Kier alpha value is -11.4. The molecule has 0 aromatic heterocycles. The van der Waals surface area contributed by atoms with E-state index in [0.29, 0.717) is 62.3 Å². The number of ether oxygens (including phenoxy) is 4. The molecule has 129 heavy (non-hydrogen) atoms. The zero-order valence-corrected chi connectivity index (χ0v) is 73.2. The van der Waals surface area contributed by atoms with Gasteiger partial charge in [0.15, 0.2) is 0 Å². The van der Waals surface area contributed by atoms with Crippen LogP contribution in [0, 0.1) is 35.1 Å². The van der Waals surface area contributed by atoms with Crippen molar-refractivity contribution in [2.45, 2.75) is 222 Å². The molecule has 8 saturated heterocycles. The van der Waals surface area contributed by atoms with Crippen molar-refractivity contribution in [2.75, 3.05) is 63.6 Å². The van der Waals surface area contributed by atoms with Crippen LogP contribution in [-0.2, 0) is 104 Å². The first-order chi connectivity index (χ1) is 60.9. The number of esters is 2. The molecule has 12 N–H and O–H groups in total. The molecule has 9 aliphatic rings. The summed E-state index contributed by atoms with van der Waals surface area (Å²) < 4.78 is 114. The van der Waals surface area contributed by atoms with Crippen LogP contribution < -0.4 is 52.0 Å². The zero-order chi connectivity index (χ0) is 93.5. The molecule has 0 bridgehead atoms. The largest absolute Gasteiger partial charge is 0.497 e. The second kappa shape index (κ2) is 41.1. The van der Waals surface area contributed by atoms with Crippen molar-refractivity contribution in [3.8, 4) is 11.5 Å². The standard InChI is InChI=1S/C42H52F2N7O13P.C41H52F2N7O13P/c1-21-12-33-41(57)63-23(3)35(48-36(52)30(15-24-13-26(43)16-27(44)14-24)47-42(58)46-28-8-7-25-9-11-62-34(25)17-28)40(56)51-20-29(64-65(59,60)61)18-32(51)39(55)49-10-5-4-6-31(49)37(53)45-22(2)38(54)50(33)19-21;1-21-13-33-40(56)62-23(3)34(47-35(51)30(16-24-14-25(42)17-26(43)15-24)46-41(57)45-27-8-10-28(61-4)11-9-27)39(55)50-20-29(63-64(58,59)60)18-32(50)38(54)48-12-6-5-7-31(48)36(52)44-22(2)37(53)49(33)19-21/h7-8,13-14,16-17,21-23,29-33,35H,4-6,9-12,15,18-20H2,1-3H3,(H,45,53)(H,48,52)(H2,46,47,58)(H2,59,60,61);8-11,14-15,17,21-23,29-34H,5-7,12-13,16,18-20H2,1-4H3,(H,44,52)(H,47,51)(H2,45,46,57)(H2,58,59,60)/t21-,22+,23+,29-,30+,31+,32+,33+,35+;21-,22+,23+,29-,30+,31+,32+,33?,34+/m11/s1. The molecule has 46 heteroatoms. The van der Waals surface area contributed by atoms with E-state index in [1.165, 1.54) is 66.5 Å². The van der Waals surface area contributed by atoms with Crippen LogP contribution >= 0.6 is 15.6 Å². The number of phosphoric acid groups is 2. The molecule has 0 spiro atoms. The number of nitrogens with zero attached hydrogens (tertiary/aromatic N) is 6. The van der Waals surface area contributed by atoms with Crippen LogP contribution in [-0.4, -0.2) is 282 Å². The van der Waals surface area contributed by atoms with E-state index in [0.717, 1.165) is 39.6 Å². The van der Waals surface area contributed by atoms with Gasteiger partial charge in [-0.25, -0.2) is 45.9 Å². The smallest absolute Gasteiger partial charge is 0.469 e. The average molecular weight is 1850 g/mol. The lowest BCUT2D eigenvalue weighted by molar-refractivity contribution is -0.163. The summed E-state index contributed by atoms with van der Waals surface area (Å²) in [5.41, 5.74) is 1.30. The van der Waals surface area contributed by atoms with Gasteiger partial charge in [0.25, 0.3) is 0 Å². The van der Waals surface area contributed by atoms with Crippen molar-refractivity contribution in [3.63, 3.8) is 0 Å². The number of piperidine rings is 2. The number of fused-ring (bicyclic) bond motifs is 7. The van der Waals surface area contributed by atoms with Gasteiger partial charge in [0.05, 0.1) is 25.9 Å². The summed E-state index contributed by atoms with van der Waals surface area (Å²) in [7, 11) is -8.98. The Kier molecular flexibility index (Phi) is 30.8. The highest BCUT2D eigenvalue weighted by atomic mass is 31.2. The average Bonchev–Trinajstić information content (AvgIpc) is 1.66. The molecule has 18 atom stereocenters. The summed E-state index contributed by atoms with van der Waals surface area (Å²) >= 11 is 0. The number of hydrogen-bond acceptors (Lipinski definition) is 22. The molecule has 9 heterocycles. The van der Waals surface area contributed by atoms with Crippen molar-refractivity contribution in [1.82, 2.24) is 61.3 Å². The predicted molar refractivity (Wildman–Crippen MR) is 442 cm³/mol. The van der Waals surface area contributed by atoms with Crippen LogP contribution in [0.1, 0.15) is 122 Å². The molecule has 40 nitrogen and oxygen atoms in total. The number of methoxy groups -OCH3 is 1. The maximum Gasteiger partial charge on any atom is 0.469 e. The van der Waals surface area contributed by atoms with E-state index >= 15 is 0 Å². The van der Waals surface area contributed by atoms with E-state index in [1.54, 1.807) is 44.2 Å². The molecule has 700 valence electrons. The van der Waals surface area contributed by atoms with Crippen molar-refractivity contribution >= 4 is 110 Å². The number of hydrogen-bond donors (Lipinski definition) is 12. The van der Waals surface area contributed by atoms with E-state index in [2.05, 4.69) is 42.5 Å². The number of anilines is 2. The molecule has 0 saturated carbocycles. The summed E-state index contributed by atoms with van der Waals surface area (Å²) in [4.78, 5) is 244. The Morgan fingerprint density at radius 3 is 1.28 bits per heavy atom. The summed E-state index contributed by atoms with van der Waals surface area (Å²) in [5, 5.41) is 20.4. The first kappa shape index (κ1) is 96.7. The summed E-state index contributed by atoms with van der Waals surface area (Å²) in [6.07, 6.45) is -4.74. The molecular weight excluding hydrogens is 1750 g/mol. The number of halogens is 4. The summed E-state index contributed by atoms with van der Waals surface area (Å²) in [6.45, 7) is 8.58. The minimum absolute atomic E-state index is 0.0499. The highest BCUT2D eigenvalue weighted by molar-refractivity contribution is 7.46. The van der Waals surface area contributed by atoms with Crippen molar-refractivity contribution < 1.29 is 141 Å². The molecule has 1 unspecified atom stereocenters. The molecule has 9 aliphatic heterocycles. The van der Waals surface area contributed by atoms with Crippen molar-refractivity contribution in [3.05, 3.63) is 119 Å². The second-order valence-electron chi connectivity index (χ2n) is 33.8. The number of nitrogens with one attached hydrogen (secondary N) is 8. The van der Waals surface area contributed by atoms with Gasteiger partial charge in [-0.15, -0.1) is 0 Å². The van der Waals surface area contributed by atoms with Gasteiger partial charge in [0.1, 0.15) is 119 Å². The quantitative estimate of drug-likeness (QED) is 0.0410. The number of benzene rings is 4. The Balaban J connectivity index is 0.000000234. The number of rotatable bonds is 17. The van der Waals surface area contributed by atoms with Crippen LogP contribution in [0.2, 0.25) is 0 Å². The van der Waals surface area contributed by atoms with Gasteiger partial charge in [0.2, 0.25) is 59.1 Å². The van der Waals surface area contributed by atoms with Crippen molar-refractivity contribution in [2.24, 2.45) is 11.8 Å². The van der Waals surface area contributed by atoms with Gasteiger partial charge in [-0.1, -0.05) is 19.9 Å². The fourth-order valence-electron chi connectivity index (χ4n) is 17.9. The molecule has 0 radical (unpaired) electrons. The third-order valence-electron chi connectivity index (χ3n) is 23.9. The topological polar surface area (TPSA) is 525 Å². The van der Waals surface area contributed by atoms with Gasteiger partial charge in [-0.3, -0.25) is 57.0 Å². The maximum atomic E-state index is 15.0. The number of amides is 14. The normalized spacial score (nSPS) is 27.7. The molecule has 4 aromatic carbocycles. The van der Waals surface area contributed by atoms with Gasteiger partial charge in [-0.2, -0.15) is 0 Å². The zero-order valence-electron chi connectivity index (χ0n) is 71.4.